The summed E-state index contributed by atoms with van der Waals surface area (Å²) in [6.07, 6.45) is 1.14. The zero-order valence-corrected chi connectivity index (χ0v) is 17.6. The fourth-order valence-corrected chi connectivity index (χ4v) is 4.03. The van der Waals surface area contributed by atoms with E-state index in [-0.39, 0.29) is 23.4 Å². The molecule has 150 valence electrons. The molecule has 2 atom stereocenters. The van der Waals surface area contributed by atoms with Gasteiger partial charge < -0.3 is 9.47 Å². The molecule has 0 amide bonds. The van der Waals surface area contributed by atoms with Crippen molar-refractivity contribution in [1.82, 2.24) is 9.13 Å². The molecule has 0 saturated carbocycles. The van der Waals surface area contributed by atoms with E-state index < -0.39 is 5.97 Å². The highest BCUT2D eigenvalue weighted by Crippen LogP contribution is 2.29. The fourth-order valence-electron chi connectivity index (χ4n) is 2.83. The number of thiophene rings is 1. The van der Waals surface area contributed by atoms with Crippen molar-refractivity contribution in [1.29, 1.82) is 0 Å². The number of aryl methyl sites for hydroxylation is 1. The van der Waals surface area contributed by atoms with E-state index in [9.17, 15) is 14.4 Å². The van der Waals surface area contributed by atoms with Gasteiger partial charge in [-0.25, -0.2) is 9.59 Å². The van der Waals surface area contributed by atoms with Crippen molar-refractivity contribution in [2.45, 2.75) is 66.2 Å². The maximum Gasteiger partial charge on any atom is 0.348 e. The van der Waals surface area contributed by atoms with Crippen LogP contribution in [0.4, 0.5) is 0 Å². The maximum absolute atomic E-state index is 13.1. The predicted octanol–water partition coefficient (Wildman–Crippen LogP) is 3.11. The van der Waals surface area contributed by atoms with Crippen LogP contribution in [0.1, 0.15) is 61.8 Å². The highest BCUT2D eigenvalue weighted by atomic mass is 32.1. The first-order valence-electron chi connectivity index (χ1n) is 9.26. The van der Waals surface area contributed by atoms with Crippen molar-refractivity contribution >= 4 is 27.5 Å². The number of aromatic nitrogens is 2. The van der Waals surface area contributed by atoms with E-state index in [0.717, 1.165) is 11.3 Å². The van der Waals surface area contributed by atoms with Crippen molar-refractivity contribution < 1.29 is 14.3 Å². The van der Waals surface area contributed by atoms with Crippen molar-refractivity contribution in [3.05, 3.63) is 31.3 Å². The molecule has 8 heteroatoms. The largest absolute Gasteiger partial charge is 0.458 e. The van der Waals surface area contributed by atoms with Crippen LogP contribution in [0.25, 0.3) is 10.2 Å². The fraction of sp³-hybridized carbons (Fsp3) is 0.632. The van der Waals surface area contributed by atoms with Crippen LogP contribution >= 0.6 is 11.3 Å². The summed E-state index contributed by atoms with van der Waals surface area (Å²) in [5.74, 6) is -0.455. The first-order chi connectivity index (χ1) is 12.8. The molecule has 0 spiro atoms. The molecule has 2 heterocycles. The van der Waals surface area contributed by atoms with E-state index in [1.165, 1.54) is 9.13 Å². The number of hydrogen-bond donors (Lipinski definition) is 0. The standard InChI is InChI=1S/C19H28N2O5S/c1-7-11(3)21-16(22)14-13(5)15(18(23)26-12(4)8-2)27-17(14)20(19(21)24)9-10-25-6/h11-12H,7-10H2,1-6H3. The number of fused-ring (bicyclic) bond motifs is 1. The molecule has 0 aliphatic carbocycles. The third kappa shape index (κ3) is 4.01. The van der Waals surface area contributed by atoms with Gasteiger partial charge in [-0.2, -0.15) is 0 Å². The molecule has 0 bridgehead atoms. The van der Waals surface area contributed by atoms with Crippen molar-refractivity contribution in [3.8, 4) is 0 Å². The molecule has 2 unspecified atom stereocenters. The first kappa shape index (κ1) is 21.4. The van der Waals surface area contributed by atoms with Crippen LogP contribution in [0.3, 0.4) is 0 Å². The Bertz CT molecular complexity index is 940. The SMILES string of the molecule is CCC(C)OC(=O)c1sc2c(c1C)c(=O)n(C(C)CC)c(=O)n2CCOC. The normalized spacial score (nSPS) is 13.7. The van der Waals surface area contributed by atoms with E-state index in [1.807, 2.05) is 27.7 Å². The highest BCUT2D eigenvalue weighted by Gasteiger charge is 2.25. The minimum Gasteiger partial charge on any atom is -0.458 e. The lowest BCUT2D eigenvalue weighted by Crippen LogP contribution is -2.41. The Morgan fingerprint density at radius 1 is 1.19 bits per heavy atom. The molecule has 27 heavy (non-hydrogen) atoms. The summed E-state index contributed by atoms with van der Waals surface area (Å²) in [5.41, 5.74) is -0.159. The third-order valence-electron chi connectivity index (χ3n) is 4.86. The zero-order chi connectivity index (χ0) is 20.3. The molecule has 0 saturated heterocycles. The van der Waals surface area contributed by atoms with Gasteiger partial charge in [-0.3, -0.25) is 13.9 Å². The van der Waals surface area contributed by atoms with E-state index in [2.05, 4.69) is 0 Å². The number of esters is 1. The molecule has 0 aliphatic rings. The average molecular weight is 397 g/mol. The monoisotopic (exact) mass is 396 g/mol. The summed E-state index contributed by atoms with van der Waals surface area (Å²) in [6.45, 7) is 9.90. The summed E-state index contributed by atoms with van der Waals surface area (Å²) in [7, 11) is 1.56. The molecule has 0 fully saturated rings. The molecule has 2 aromatic heterocycles. The lowest BCUT2D eigenvalue weighted by molar-refractivity contribution is 0.0340. The van der Waals surface area contributed by atoms with Crippen molar-refractivity contribution in [3.63, 3.8) is 0 Å². The number of carbonyl (C=O) groups excluding carboxylic acids is 1. The summed E-state index contributed by atoms with van der Waals surface area (Å²) in [6, 6.07) is -0.238. The van der Waals surface area contributed by atoms with Gasteiger partial charge in [-0.1, -0.05) is 13.8 Å². The zero-order valence-electron chi connectivity index (χ0n) is 16.8. The molecule has 2 aromatic rings. The van der Waals surface area contributed by atoms with E-state index in [0.29, 0.717) is 46.7 Å². The van der Waals surface area contributed by atoms with Crippen LogP contribution in [0.5, 0.6) is 0 Å². The van der Waals surface area contributed by atoms with Crippen LogP contribution in [0.15, 0.2) is 9.59 Å². The number of hydrogen-bond acceptors (Lipinski definition) is 6. The Balaban J connectivity index is 2.78. The Labute approximate surface area is 162 Å². The number of carbonyl (C=O) groups is 1. The second-order valence-electron chi connectivity index (χ2n) is 6.72. The summed E-state index contributed by atoms with van der Waals surface area (Å²) in [5, 5.41) is 0.409. The quantitative estimate of drug-likeness (QED) is 0.641. The van der Waals surface area contributed by atoms with Gasteiger partial charge in [-0.05, 0) is 39.2 Å². The van der Waals surface area contributed by atoms with Crippen LogP contribution in [-0.2, 0) is 16.0 Å². The molecule has 0 aromatic carbocycles. The third-order valence-corrected chi connectivity index (χ3v) is 6.16. The molecular weight excluding hydrogens is 368 g/mol. The minimum absolute atomic E-state index is 0.213. The van der Waals surface area contributed by atoms with E-state index >= 15 is 0 Å². The van der Waals surface area contributed by atoms with Gasteiger partial charge in [0.1, 0.15) is 9.71 Å². The van der Waals surface area contributed by atoms with Gasteiger partial charge in [0.2, 0.25) is 0 Å². The molecule has 7 nitrogen and oxygen atoms in total. The van der Waals surface area contributed by atoms with Gasteiger partial charge in [-0.15, -0.1) is 11.3 Å². The second kappa shape index (κ2) is 8.84. The van der Waals surface area contributed by atoms with Crippen LogP contribution < -0.4 is 11.2 Å². The number of nitrogens with zero attached hydrogens (tertiary/aromatic N) is 2. The van der Waals surface area contributed by atoms with E-state index in [1.54, 1.807) is 14.0 Å². The average Bonchev–Trinajstić information content (AvgIpc) is 2.98. The van der Waals surface area contributed by atoms with Crippen molar-refractivity contribution in [2.24, 2.45) is 0 Å². The van der Waals surface area contributed by atoms with Gasteiger partial charge in [0.15, 0.2) is 0 Å². The van der Waals surface area contributed by atoms with Gasteiger partial charge in [0.05, 0.1) is 24.6 Å². The van der Waals surface area contributed by atoms with Gasteiger partial charge in [0.25, 0.3) is 5.56 Å². The Hall–Kier alpha value is -1.93. The van der Waals surface area contributed by atoms with Gasteiger partial charge >= 0.3 is 11.7 Å². The molecule has 0 radical (unpaired) electrons. The highest BCUT2D eigenvalue weighted by molar-refractivity contribution is 7.20. The van der Waals surface area contributed by atoms with Gasteiger partial charge in [0, 0.05) is 13.2 Å². The number of rotatable bonds is 8. The van der Waals surface area contributed by atoms with E-state index in [4.69, 9.17) is 9.47 Å². The molecule has 0 aliphatic heterocycles. The second-order valence-corrected chi connectivity index (χ2v) is 7.72. The van der Waals surface area contributed by atoms with Crippen LogP contribution in [0.2, 0.25) is 0 Å². The first-order valence-corrected chi connectivity index (χ1v) is 10.1. The Morgan fingerprint density at radius 2 is 1.85 bits per heavy atom. The van der Waals surface area contributed by atoms with Crippen molar-refractivity contribution in [2.75, 3.05) is 13.7 Å². The minimum atomic E-state index is -0.455. The van der Waals surface area contributed by atoms with Crippen LogP contribution in [0, 0.1) is 6.92 Å². The lowest BCUT2D eigenvalue weighted by Gasteiger charge is -2.16. The number of methoxy groups -OCH3 is 1. The smallest absolute Gasteiger partial charge is 0.348 e. The van der Waals surface area contributed by atoms with Crippen LogP contribution in [-0.4, -0.2) is 34.9 Å². The molecule has 0 N–H and O–H groups in total. The summed E-state index contributed by atoms with van der Waals surface area (Å²) in [4.78, 5) is 39.5. The maximum atomic E-state index is 13.1. The lowest BCUT2D eigenvalue weighted by atomic mass is 10.2. The Morgan fingerprint density at radius 3 is 2.41 bits per heavy atom. The summed E-state index contributed by atoms with van der Waals surface area (Å²) >= 11 is 1.14. The Kier molecular flexibility index (Phi) is 7.00. The number of ether oxygens (including phenoxy) is 2. The molecular formula is C19H28N2O5S. The topological polar surface area (TPSA) is 79.5 Å². The summed E-state index contributed by atoms with van der Waals surface area (Å²) < 4.78 is 13.4. The predicted molar refractivity (Wildman–Crippen MR) is 107 cm³/mol. The molecule has 2 rings (SSSR count).